The minimum absolute atomic E-state index is 0.0143. The van der Waals surface area contributed by atoms with Gasteiger partial charge in [0, 0.05) is 11.3 Å². The van der Waals surface area contributed by atoms with Gasteiger partial charge in [-0.3, -0.25) is 9.89 Å². The number of nitrogens with one attached hydrogen (secondary N) is 2. The van der Waals surface area contributed by atoms with E-state index >= 15 is 0 Å². The number of rotatable bonds is 2. The highest BCUT2D eigenvalue weighted by atomic mass is 32.2. The van der Waals surface area contributed by atoms with Crippen LogP contribution in [0.25, 0.3) is 0 Å². The van der Waals surface area contributed by atoms with Crippen molar-refractivity contribution < 1.29 is 4.79 Å². The quantitative estimate of drug-likeness (QED) is 0.893. The summed E-state index contributed by atoms with van der Waals surface area (Å²) in [4.78, 5) is 12.1. The molecule has 2 atom stereocenters. The van der Waals surface area contributed by atoms with Crippen LogP contribution in [0.4, 0.5) is 5.82 Å². The Balaban J connectivity index is 2.06. The van der Waals surface area contributed by atoms with Gasteiger partial charge in [-0.2, -0.15) is 5.10 Å². The second-order valence-corrected chi connectivity index (χ2v) is 6.80. The van der Waals surface area contributed by atoms with Gasteiger partial charge in [0.1, 0.15) is 0 Å². The lowest BCUT2D eigenvalue weighted by molar-refractivity contribution is -0.115. The first-order chi connectivity index (χ1) is 10.1. The largest absolute Gasteiger partial charge is 0.308 e. The highest BCUT2D eigenvalue weighted by Crippen LogP contribution is 2.44. The first kappa shape index (κ1) is 14.2. The maximum Gasteiger partial charge on any atom is 0.238 e. The van der Waals surface area contributed by atoms with Crippen LogP contribution in [0.15, 0.2) is 24.3 Å². The fourth-order valence-corrected chi connectivity index (χ4v) is 3.91. The zero-order chi connectivity index (χ0) is 15.0. The molecule has 2 heterocycles. The summed E-state index contributed by atoms with van der Waals surface area (Å²) >= 11 is 1.67. The number of thioether (sulfide) groups is 1. The predicted molar refractivity (Wildman–Crippen MR) is 86.7 cm³/mol. The van der Waals surface area contributed by atoms with Gasteiger partial charge in [0.15, 0.2) is 5.82 Å². The van der Waals surface area contributed by atoms with E-state index in [-0.39, 0.29) is 16.4 Å². The fraction of sp³-hybridized carbons (Fsp3) is 0.375. The molecule has 0 unspecified atom stereocenters. The Labute approximate surface area is 128 Å². The van der Waals surface area contributed by atoms with E-state index in [4.69, 9.17) is 0 Å². The summed E-state index contributed by atoms with van der Waals surface area (Å²) in [6.45, 7) is 6.10. The first-order valence-electron chi connectivity index (χ1n) is 7.20. The number of benzene rings is 1. The Hall–Kier alpha value is -1.75. The van der Waals surface area contributed by atoms with Crippen molar-refractivity contribution in [1.29, 1.82) is 0 Å². The molecule has 21 heavy (non-hydrogen) atoms. The Morgan fingerprint density at radius 3 is 2.67 bits per heavy atom. The van der Waals surface area contributed by atoms with Crippen LogP contribution in [0.3, 0.4) is 0 Å². The van der Waals surface area contributed by atoms with Gasteiger partial charge < -0.3 is 5.32 Å². The molecule has 2 N–H and O–H groups in total. The third-order valence-corrected chi connectivity index (χ3v) is 5.30. The number of nitrogens with zero attached hydrogens (tertiary/aromatic N) is 1. The van der Waals surface area contributed by atoms with Gasteiger partial charge in [-0.15, -0.1) is 11.8 Å². The van der Waals surface area contributed by atoms with E-state index in [9.17, 15) is 4.79 Å². The molecule has 1 aromatic heterocycles. The summed E-state index contributed by atoms with van der Waals surface area (Å²) in [6, 6.07) is 8.65. The molecular formula is C16H19N3OS. The number of carbonyl (C=O) groups excluding carboxylic acids is 1. The van der Waals surface area contributed by atoms with E-state index in [1.807, 2.05) is 13.8 Å². The Bertz CT molecular complexity index is 663. The Kier molecular flexibility index (Phi) is 3.76. The average Bonchev–Trinajstić information content (AvgIpc) is 2.79. The van der Waals surface area contributed by atoms with Gasteiger partial charge in [0.05, 0.1) is 10.5 Å². The standard InChI is InChI=1S/C16H19N3OS/c1-4-11-5-7-12(8-6-11)14-13-9(2)18-19-15(13)17-16(20)10(3)21-14/h5-8,10,14H,4H2,1-3H3,(H2,17,18,19,20)/t10-,14-/m0/s1. The molecule has 0 saturated carbocycles. The van der Waals surface area contributed by atoms with Crippen LogP contribution in [0.5, 0.6) is 0 Å². The summed E-state index contributed by atoms with van der Waals surface area (Å²) in [5, 5.41) is 10.2. The van der Waals surface area contributed by atoms with Crippen LogP contribution in [-0.2, 0) is 11.2 Å². The smallest absolute Gasteiger partial charge is 0.238 e. The maximum absolute atomic E-state index is 12.1. The number of aryl methyl sites for hydroxylation is 2. The molecule has 0 saturated heterocycles. The first-order valence-corrected chi connectivity index (χ1v) is 8.14. The molecule has 3 rings (SSSR count). The summed E-state index contributed by atoms with van der Waals surface area (Å²) < 4.78 is 0. The number of aromatic nitrogens is 2. The van der Waals surface area contributed by atoms with Crippen molar-refractivity contribution in [2.45, 2.75) is 37.7 Å². The molecule has 0 bridgehead atoms. The number of hydrogen-bond donors (Lipinski definition) is 2. The summed E-state index contributed by atoms with van der Waals surface area (Å²) in [7, 11) is 0. The van der Waals surface area contributed by atoms with Gasteiger partial charge in [-0.25, -0.2) is 0 Å². The lowest BCUT2D eigenvalue weighted by atomic mass is 10.0. The number of aromatic amines is 1. The molecule has 4 nitrogen and oxygen atoms in total. The highest BCUT2D eigenvalue weighted by molar-refractivity contribution is 8.01. The zero-order valence-electron chi connectivity index (χ0n) is 12.4. The van der Waals surface area contributed by atoms with Crippen molar-refractivity contribution in [2.75, 3.05) is 5.32 Å². The third kappa shape index (κ3) is 2.58. The minimum Gasteiger partial charge on any atom is -0.308 e. The molecule has 0 aliphatic carbocycles. The topological polar surface area (TPSA) is 57.8 Å². The molecule has 0 radical (unpaired) electrons. The number of H-pyrrole nitrogens is 1. The number of fused-ring (bicyclic) bond motifs is 1. The number of anilines is 1. The summed E-state index contributed by atoms with van der Waals surface area (Å²) in [6.07, 6.45) is 1.03. The highest BCUT2D eigenvalue weighted by Gasteiger charge is 2.31. The predicted octanol–water partition coefficient (Wildman–Crippen LogP) is 3.44. The van der Waals surface area contributed by atoms with E-state index in [0.717, 1.165) is 17.7 Å². The lowest BCUT2D eigenvalue weighted by Gasteiger charge is -2.18. The zero-order valence-corrected chi connectivity index (χ0v) is 13.3. The van der Waals surface area contributed by atoms with Crippen LogP contribution < -0.4 is 5.32 Å². The van der Waals surface area contributed by atoms with Crippen LogP contribution in [0, 0.1) is 6.92 Å². The van der Waals surface area contributed by atoms with Gasteiger partial charge in [-0.1, -0.05) is 31.2 Å². The molecule has 0 fully saturated rings. The molecule has 1 aliphatic rings. The molecule has 5 heteroatoms. The van der Waals surface area contributed by atoms with Crippen molar-refractivity contribution in [2.24, 2.45) is 0 Å². The van der Waals surface area contributed by atoms with Crippen molar-refractivity contribution in [1.82, 2.24) is 10.2 Å². The van der Waals surface area contributed by atoms with Crippen molar-refractivity contribution in [3.05, 3.63) is 46.6 Å². The van der Waals surface area contributed by atoms with E-state index in [0.29, 0.717) is 5.82 Å². The van der Waals surface area contributed by atoms with E-state index in [1.54, 1.807) is 11.8 Å². The number of amides is 1. The summed E-state index contributed by atoms with van der Waals surface area (Å²) in [5.41, 5.74) is 4.63. The molecule has 0 spiro atoms. The number of carbonyl (C=O) groups is 1. The van der Waals surface area contributed by atoms with Gasteiger partial charge in [-0.05, 0) is 31.4 Å². The van der Waals surface area contributed by atoms with Crippen LogP contribution in [-0.4, -0.2) is 21.4 Å². The molecule has 1 amide bonds. The summed E-state index contributed by atoms with van der Waals surface area (Å²) in [5.74, 6) is 0.680. The maximum atomic E-state index is 12.1. The molecular weight excluding hydrogens is 282 g/mol. The minimum atomic E-state index is -0.102. The van der Waals surface area contributed by atoms with Crippen LogP contribution in [0.1, 0.15) is 41.5 Å². The monoisotopic (exact) mass is 301 g/mol. The van der Waals surface area contributed by atoms with Crippen molar-refractivity contribution in [3.8, 4) is 0 Å². The SMILES string of the molecule is CCc1ccc([C@@H]2S[C@@H](C)C(=O)Nc3n[nH]c(C)c32)cc1. The van der Waals surface area contributed by atoms with Crippen LogP contribution >= 0.6 is 11.8 Å². The Morgan fingerprint density at radius 1 is 1.29 bits per heavy atom. The number of hydrogen-bond acceptors (Lipinski definition) is 3. The normalized spacial score (nSPS) is 21.6. The molecule has 1 aromatic carbocycles. The second-order valence-electron chi connectivity index (χ2n) is 5.35. The second kappa shape index (κ2) is 5.56. The van der Waals surface area contributed by atoms with E-state index in [1.165, 1.54) is 11.1 Å². The van der Waals surface area contributed by atoms with Crippen molar-refractivity contribution >= 4 is 23.5 Å². The molecule has 110 valence electrons. The Morgan fingerprint density at radius 2 is 2.00 bits per heavy atom. The average molecular weight is 301 g/mol. The molecule has 1 aliphatic heterocycles. The van der Waals surface area contributed by atoms with Gasteiger partial charge in [0.2, 0.25) is 5.91 Å². The lowest BCUT2D eigenvalue weighted by Crippen LogP contribution is -2.21. The van der Waals surface area contributed by atoms with E-state index in [2.05, 4.69) is 46.7 Å². The fourth-order valence-electron chi connectivity index (χ4n) is 2.58. The van der Waals surface area contributed by atoms with Crippen molar-refractivity contribution in [3.63, 3.8) is 0 Å². The van der Waals surface area contributed by atoms with Crippen LogP contribution in [0.2, 0.25) is 0 Å². The molecule has 2 aromatic rings. The van der Waals surface area contributed by atoms with E-state index < -0.39 is 0 Å². The van der Waals surface area contributed by atoms with Gasteiger partial charge >= 0.3 is 0 Å². The third-order valence-electron chi connectivity index (χ3n) is 3.90. The van der Waals surface area contributed by atoms with Gasteiger partial charge in [0.25, 0.3) is 0 Å².